The summed E-state index contributed by atoms with van der Waals surface area (Å²) in [6.07, 6.45) is 8.48. The Bertz CT molecular complexity index is 1010. The zero-order valence-corrected chi connectivity index (χ0v) is 17.8. The van der Waals surface area contributed by atoms with Gasteiger partial charge in [-0.25, -0.2) is 0 Å². The van der Waals surface area contributed by atoms with Gasteiger partial charge in [-0.05, 0) is 0 Å². The summed E-state index contributed by atoms with van der Waals surface area (Å²) in [5.74, 6) is 0. The first-order valence-corrected chi connectivity index (χ1v) is 13.8. The molecule has 0 aliphatic carbocycles. The molecule has 7 saturated heterocycles. The molecule has 108 valence electrons. The summed E-state index contributed by atoms with van der Waals surface area (Å²) in [4.78, 5) is 0. The van der Waals surface area contributed by atoms with E-state index in [1.54, 1.807) is 8.92 Å². The molecular weight excluding hydrogens is 434 g/mol. The number of hydrogen-bond acceptors (Lipinski definition) is 0. The van der Waals surface area contributed by atoms with Gasteiger partial charge in [0.1, 0.15) is 0 Å². The molecule has 7 aliphatic heterocycles. The molecule has 7 aliphatic rings. The first-order chi connectivity index (χ1) is 12.9. The average molecular weight is 444 g/mol. The zero-order chi connectivity index (χ0) is 16.4. The number of rotatable bonds is 4. The topological polar surface area (TPSA) is 0 Å². The Morgan fingerprint density at radius 1 is 0.500 bits per heavy atom. The van der Waals surface area contributed by atoms with Crippen LogP contribution < -0.4 is 8.92 Å². The molecule has 0 radical (unpaired) electrons. The van der Waals surface area contributed by atoms with Crippen LogP contribution in [0.3, 0.4) is 0 Å². The third kappa shape index (κ3) is 1.12. The predicted molar refractivity (Wildman–Crippen MR) is 127 cm³/mol. The third-order valence-corrected chi connectivity index (χ3v) is 17.8. The van der Waals surface area contributed by atoms with Crippen LogP contribution >= 0.6 is 0 Å². The van der Waals surface area contributed by atoms with Crippen LogP contribution in [0.5, 0.6) is 0 Å². The molecule has 9 rings (SSSR count). The summed E-state index contributed by atoms with van der Waals surface area (Å²) in [7, 11) is 0. The molecule has 2 aromatic carbocycles. The van der Waals surface area contributed by atoms with E-state index in [0.29, 0.717) is 29.9 Å². The van der Waals surface area contributed by atoms with Crippen molar-refractivity contribution in [3.05, 3.63) is 60.7 Å². The molecule has 0 amide bonds. The fraction of sp³-hybridized carbons (Fsp3) is 0.143. The Hall–Kier alpha value is 0.128. The Kier molecular flexibility index (Phi) is 2.20. The van der Waals surface area contributed by atoms with E-state index < -0.39 is 0 Å². The maximum absolute atomic E-state index is 2.45. The standard InChI is InChI=1S/C14H10B10Se2/c1-3-7-11(8-4-1)25-13-14(26-12-9-5-2-6-10-12)15(13)18-16(13)20-23-21-17(14)19(18)22(21)24(20)23/h1-10H. The molecule has 0 aromatic heterocycles. The van der Waals surface area contributed by atoms with E-state index in [1.807, 2.05) is 0 Å². The Morgan fingerprint density at radius 2 is 0.923 bits per heavy atom. The molecule has 0 spiro atoms. The number of hydrogen-bond donors (Lipinski definition) is 0. The molecule has 2 unspecified atom stereocenters. The fourth-order valence-corrected chi connectivity index (χ4v) is 19.4. The van der Waals surface area contributed by atoms with Gasteiger partial charge in [-0.3, -0.25) is 0 Å². The van der Waals surface area contributed by atoms with Crippen molar-refractivity contribution in [3.8, 4) is 0 Å². The van der Waals surface area contributed by atoms with Crippen molar-refractivity contribution in [2.45, 2.75) is 8.22 Å². The maximum atomic E-state index is 2.45. The van der Waals surface area contributed by atoms with Crippen LogP contribution in [0, 0.1) is 0 Å². The first-order valence-electron chi connectivity index (χ1n) is 10.4. The molecule has 0 bridgehead atoms. The summed E-state index contributed by atoms with van der Waals surface area (Å²) >= 11 is 1.41. The van der Waals surface area contributed by atoms with Crippen LogP contribution in [0.15, 0.2) is 60.7 Å². The minimum absolute atomic E-state index is 0.703. The van der Waals surface area contributed by atoms with Crippen LogP contribution in [-0.4, -0.2) is 94.2 Å². The van der Waals surface area contributed by atoms with Crippen LogP contribution in [0.4, 0.5) is 0 Å². The van der Waals surface area contributed by atoms with Gasteiger partial charge < -0.3 is 0 Å². The second-order valence-electron chi connectivity index (χ2n) is 9.99. The second kappa shape index (κ2) is 4.05. The summed E-state index contributed by atoms with van der Waals surface area (Å²) in [5, 5.41) is 0. The third-order valence-electron chi connectivity index (χ3n) is 9.96. The molecule has 26 heavy (non-hydrogen) atoms. The van der Waals surface area contributed by atoms with E-state index in [4.69, 9.17) is 0 Å². The fourth-order valence-electron chi connectivity index (χ4n) is 9.84. The molecular formula is C14H10B10Se2. The zero-order valence-electron chi connectivity index (χ0n) is 14.4. The van der Waals surface area contributed by atoms with Crippen molar-refractivity contribution < 1.29 is 0 Å². The summed E-state index contributed by atoms with van der Waals surface area (Å²) in [6, 6.07) is 23.3. The van der Waals surface area contributed by atoms with E-state index in [-0.39, 0.29) is 0 Å². The van der Waals surface area contributed by atoms with Crippen molar-refractivity contribution in [2.24, 2.45) is 0 Å². The Balaban J connectivity index is 1.22. The van der Waals surface area contributed by atoms with Crippen molar-refractivity contribution in [1.29, 1.82) is 0 Å². The molecule has 2 atom stereocenters. The van der Waals surface area contributed by atoms with Crippen LogP contribution in [0.1, 0.15) is 0 Å². The van der Waals surface area contributed by atoms with Gasteiger partial charge in [0.2, 0.25) is 0 Å². The van der Waals surface area contributed by atoms with Crippen LogP contribution in [-0.2, 0) is 0 Å². The minimum atomic E-state index is 0.703. The SMILES string of the molecule is c1ccc([Se]C23B4B5B6B7B5B7B5B(B64)B2C53[Se]c2ccccc2)cc1. The quantitative estimate of drug-likeness (QED) is 0.461. The monoisotopic (exact) mass is 448 g/mol. The van der Waals surface area contributed by atoms with E-state index in [0.717, 1.165) is 14.8 Å². The Labute approximate surface area is 171 Å². The van der Waals surface area contributed by atoms with Gasteiger partial charge in [0.15, 0.2) is 0 Å². The van der Waals surface area contributed by atoms with Gasteiger partial charge in [0, 0.05) is 0 Å². The Morgan fingerprint density at radius 3 is 1.46 bits per heavy atom. The van der Waals surface area contributed by atoms with E-state index in [2.05, 4.69) is 60.7 Å². The van der Waals surface area contributed by atoms with Crippen LogP contribution in [0.2, 0.25) is 8.22 Å². The van der Waals surface area contributed by atoms with Gasteiger partial charge in [0.05, 0.1) is 0 Å². The number of fused-ring (bicyclic) bond motifs is 7. The van der Waals surface area contributed by atoms with Crippen molar-refractivity contribution in [3.63, 3.8) is 0 Å². The molecule has 0 nitrogen and oxygen atoms in total. The molecule has 0 N–H and O–H groups in total. The molecule has 7 heterocycles. The molecule has 2 aromatic rings. The summed E-state index contributed by atoms with van der Waals surface area (Å²) in [5.41, 5.74) is 0. The van der Waals surface area contributed by atoms with Crippen molar-refractivity contribution >= 4 is 103 Å². The van der Waals surface area contributed by atoms with Gasteiger partial charge in [0.25, 0.3) is 0 Å². The van der Waals surface area contributed by atoms with Gasteiger partial charge in [-0.15, -0.1) is 0 Å². The second-order valence-corrected chi connectivity index (χ2v) is 15.7. The average Bonchev–Trinajstić information content (AvgIpc) is 3.37. The molecule has 12 heteroatoms. The first kappa shape index (κ1) is 14.2. The molecule has 7 fully saturated rings. The van der Waals surface area contributed by atoms with Crippen molar-refractivity contribution in [1.82, 2.24) is 0 Å². The summed E-state index contributed by atoms with van der Waals surface area (Å²) in [6.45, 7) is 3.47. The normalized spacial score (nSPS) is 34.0. The molecule has 0 saturated carbocycles. The van der Waals surface area contributed by atoms with Crippen molar-refractivity contribution in [2.75, 3.05) is 0 Å². The number of benzene rings is 2. The van der Waals surface area contributed by atoms with E-state index in [9.17, 15) is 0 Å². The van der Waals surface area contributed by atoms with Gasteiger partial charge in [-0.1, -0.05) is 0 Å². The predicted octanol–water partition coefficient (Wildman–Crippen LogP) is -2.42. The summed E-state index contributed by atoms with van der Waals surface area (Å²) < 4.78 is 4.98. The van der Waals surface area contributed by atoms with E-state index in [1.165, 1.54) is 57.7 Å². The van der Waals surface area contributed by atoms with Gasteiger partial charge in [-0.2, -0.15) is 0 Å². The van der Waals surface area contributed by atoms with Crippen LogP contribution in [0.25, 0.3) is 0 Å². The van der Waals surface area contributed by atoms with Gasteiger partial charge >= 0.3 is 172 Å². The van der Waals surface area contributed by atoms with E-state index >= 15 is 0 Å².